The molecule has 194 valence electrons. The standard InChI is InChI=1S/C25H20F2N6O5/c1-25(26,27)38-19-5-3-2-4-15(19)13-29-23(35)18-11-17(31-21-8-9-30-33(18)21)22(34)28-12-14-6-7-20-16(10-14)32-24(36)37-20/h2-11H,12-13H2,1H3,(H,28,34)(H,29,35)(H,32,36). The first kappa shape index (κ1) is 24.6. The van der Waals surface area contributed by atoms with E-state index >= 15 is 0 Å². The number of alkyl halides is 2. The van der Waals surface area contributed by atoms with E-state index in [1.54, 1.807) is 36.4 Å². The Kier molecular flexibility index (Phi) is 6.33. The van der Waals surface area contributed by atoms with E-state index in [2.05, 4.69) is 30.4 Å². The molecule has 38 heavy (non-hydrogen) atoms. The Labute approximate surface area is 212 Å². The third-order valence-electron chi connectivity index (χ3n) is 5.46. The van der Waals surface area contributed by atoms with E-state index in [4.69, 9.17) is 4.42 Å². The van der Waals surface area contributed by atoms with Crippen LogP contribution in [0.2, 0.25) is 0 Å². The number of amides is 2. The van der Waals surface area contributed by atoms with Crippen LogP contribution in [-0.4, -0.2) is 37.5 Å². The van der Waals surface area contributed by atoms with E-state index in [9.17, 15) is 23.2 Å². The van der Waals surface area contributed by atoms with Crippen LogP contribution in [0.4, 0.5) is 8.78 Å². The van der Waals surface area contributed by atoms with Crippen LogP contribution < -0.4 is 21.1 Å². The number of fused-ring (bicyclic) bond motifs is 2. The summed E-state index contributed by atoms with van der Waals surface area (Å²) in [6.07, 6.45) is -1.97. The molecule has 3 aromatic heterocycles. The van der Waals surface area contributed by atoms with Crippen molar-refractivity contribution in [3.8, 4) is 5.75 Å². The van der Waals surface area contributed by atoms with E-state index in [1.807, 2.05) is 0 Å². The number of benzene rings is 2. The molecule has 3 N–H and O–H groups in total. The molecular formula is C25H20F2N6O5. The van der Waals surface area contributed by atoms with Crippen molar-refractivity contribution >= 4 is 28.6 Å². The first-order chi connectivity index (χ1) is 18.2. The Hall–Kier alpha value is -5.07. The fraction of sp³-hybridized carbons (Fsp3) is 0.160. The van der Waals surface area contributed by atoms with Gasteiger partial charge in [0.05, 0.1) is 11.7 Å². The van der Waals surface area contributed by atoms with Gasteiger partial charge in [-0.25, -0.2) is 14.3 Å². The lowest BCUT2D eigenvalue weighted by Crippen LogP contribution is -2.29. The number of oxazole rings is 1. The van der Waals surface area contributed by atoms with Gasteiger partial charge in [0.15, 0.2) is 11.2 Å². The molecule has 0 spiro atoms. The quantitative estimate of drug-likeness (QED) is 0.284. The van der Waals surface area contributed by atoms with Crippen LogP contribution in [0.3, 0.4) is 0 Å². The Morgan fingerprint density at radius 1 is 1.08 bits per heavy atom. The molecule has 0 bridgehead atoms. The van der Waals surface area contributed by atoms with Crippen molar-refractivity contribution < 1.29 is 27.5 Å². The van der Waals surface area contributed by atoms with Crippen molar-refractivity contribution in [3.63, 3.8) is 0 Å². The molecule has 5 aromatic rings. The van der Waals surface area contributed by atoms with Gasteiger partial charge >= 0.3 is 11.9 Å². The maximum absolute atomic E-state index is 13.4. The summed E-state index contributed by atoms with van der Waals surface area (Å²) in [7, 11) is 0. The highest BCUT2D eigenvalue weighted by Gasteiger charge is 2.25. The second-order valence-corrected chi connectivity index (χ2v) is 8.36. The Morgan fingerprint density at radius 3 is 2.68 bits per heavy atom. The van der Waals surface area contributed by atoms with Gasteiger partial charge in [-0.3, -0.25) is 14.6 Å². The van der Waals surface area contributed by atoms with E-state index < -0.39 is 23.7 Å². The predicted molar refractivity (Wildman–Crippen MR) is 130 cm³/mol. The van der Waals surface area contributed by atoms with Gasteiger partial charge in [-0.2, -0.15) is 13.9 Å². The van der Waals surface area contributed by atoms with Gasteiger partial charge in [-0.15, -0.1) is 0 Å². The minimum Gasteiger partial charge on any atom is -0.432 e. The molecule has 0 radical (unpaired) electrons. The number of aromatic amines is 1. The van der Waals surface area contributed by atoms with Crippen LogP contribution in [0.25, 0.3) is 16.7 Å². The largest absolute Gasteiger partial charge is 0.432 e. The molecule has 0 aliphatic heterocycles. The number of ether oxygens (including phenoxy) is 1. The average molecular weight is 522 g/mol. The summed E-state index contributed by atoms with van der Waals surface area (Å²) in [5, 5.41) is 9.45. The molecule has 11 nitrogen and oxygen atoms in total. The minimum absolute atomic E-state index is 0.0155. The van der Waals surface area contributed by atoms with Crippen LogP contribution in [0.1, 0.15) is 39.0 Å². The number of hydrogen-bond donors (Lipinski definition) is 3. The highest BCUT2D eigenvalue weighted by Crippen LogP contribution is 2.25. The fourth-order valence-corrected chi connectivity index (χ4v) is 3.78. The lowest BCUT2D eigenvalue weighted by atomic mass is 10.2. The summed E-state index contributed by atoms with van der Waals surface area (Å²) < 4.78 is 37.6. The van der Waals surface area contributed by atoms with Crippen molar-refractivity contribution in [2.24, 2.45) is 0 Å². The van der Waals surface area contributed by atoms with Crippen molar-refractivity contribution in [2.45, 2.75) is 26.1 Å². The molecule has 2 aromatic carbocycles. The van der Waals surface area contributed by atoms with Crippen LogP contribution in [0, 0.1) is 0 Å². The lowest BCUT2D eigenvalue weighted by molar-refractivity contribution is -0.159. The molecule has 0 fully saturated rings. The summed E-state index contributed by atoms with van der Waals surface area (Å²) in [6.45, 7) is 0.627. The summed E-state index contributed by atoms with van der Waals surface area (Å²) in [5.41, 5.74) is 2.17. The summed E-state index contributed by atoms with van der Waals surface area (Å²) in [5.74, 6) is -1.81. The Bertz CT molecular complexity index is 1720. The Balaban J connectivity index is 1.32. The molecule has 0 atom stereocenters. The topological polar surface area (TPSA) is 144 Å². The molecule has 2 amide bonds. The molecular weight excluding hydrogens is 502 g/mol. The normalized spacial score (nSPS) is 11.6. The van der Waals surface area contributed by atoms with Gasteiger partial charge in [-0.05, 0) is 23.8 Å². The highest BCUT2D eigenvalue weighted by molar-refractivity contribution is 5.98. The van der Waals surface area contributed by atoms with Crippen LogP contribution in [0.5, 0.6) is 5.75 Å². The number of carbonyl (C=O) groups is 2. The number of aromatic nitrogens is 4. The highest BCUT2D eigenvalue weighted by atomic mass is 19.3. The van der Waals surface area contributed by atoms with Gasteiger partial charge < -0.3 is 19.8 Å². The van der Waals surface area contributed by atoms with Crippen molar-refractivity contribution in [1.29, 1.82) is 0 Å². The lowest BCUT2D eigenvalue weighted by Gasteiger charge is -2.16. The third-order valence-corrected chi connectivity index (χ3v) is 5.46. The first-order valence-corrected chi connectivity index (χ1v) is 11.3. The number of H-pyrrole nitrogens is 1. The third kappa shape index (κ3) is 5.36. The zero-order valence-corrected chi connectivity index (χ0v) is 19.8. The molecule has 0 aliphatic rings. The minimum atomic E-state index is -3.39. The zero-order valence-electron chi connectivity index (χ0n) is 19.8. The maximum atomic E-state index is 13.4. The van der Waals surface area contributed by atoms with Crippen LogP contribution >= 0.6 is 0 Å². The van der Waals surface area contributed by atoms with Crippen LogP contribution in [0.15, 0.2) is 70.0 Å². The van der Waals surface area contributed by atoms with Gasteiger partial charge in [0.1, 0.15) is 17.1 Å². The molecule has 3 heterocycles. The molecule has 0 unspecified atom stereocenters. The second-order valence-electron chi connectivity index (χ2n) is 8.36. The first-order valence-electron chi connectivity index (χ1n) is 11.3. The fourth-order valence-electron chi connectivity index (χ4n) is 3.78. The molecule has 5 rings (SSSR count). The summed E-state index contributed by atoms with van der Waals surface area (Å²) >= 11 is 0. The van der Waals surface area contributed by atoms with Gasteiger partial charge in [0.25, 0.3) is 11.8 Å². The van der Waals surface area contributed by atoms with E-state index in [0.29, 0.717) is 29.2 Å². The monoisotopic (exact) mass is 522 g/mol. The number of halogens is 2. The summed E-state index contributed by atoms with van der Waals surface area (Å²) in [6, 6.07) is 13.9. The van der Waals surface area contributed by atoms with Crippen molar-refractivity contribution in [3.05, 3.63) is 93.9 Å². The van der Waals surface area contributed by atoms with E-state index in [1.165, 1.54) is 28.9 Å². The van der Waals surface area contributed by atoms with Crippen molar-refractivity contribution in [2.75, 3.05) is 0 Å². The second kappa shape index (κ2) is 9.76. The number of nitrogens with one attached hydrogen (secondary N) is 3. The van der Waals surface area contributed by atoms with Gasteiger partial charge in [0.2, 0.25) is 0 Å². The van der Waals surface area contributed by atoms with Crippen molar-refractivity contribution in [1.82, 2.24) is 30.2 Å². The van der Waals surface area contributed by atoms with E-state index in [0.717, 1.165) is 0 Å². The molecule has 0 saturated heterocycles. The SMILES string of the molecule is CC(F)(F)Oc1ccccc1CNC(=O)c1cc(C(=O)NCc2ccc3oc(=O)[nH]c3c2)nc2ccnn12. The predicted octanol–water partition coefficient (Wildman–Crippen LogP) is 3.02. The van der Waals surface area contributed by atoms with Gasteiger partial charge in [-0.1, -0.05) is 24.3 Å². The van der Waals surface area contributed by atoms with Crippen LogP contribution in [-0.2, 0) is 13.1 Å². The number of rotatable bonds is 8. The van der Waals surface area contributed by atoms with Gasteiger partial charge in [0, 0.05) is 37.7 Å². The number of para-hydroxylation sites is 1. The average Bonchev–Trinajstić information content (AvgIpc) is 3.50. The molecule has 0 aliphatic carbocycles. The number of carbonyl (C=O) groups excluding carboxylic acids is 2. The number of hydrogen-bond acceptors (Lipinski definition) is 7. The molecule has 0 saturated carbocycles. The smallest absolute Gasteiger partial charge is 0.417 e. The zero-order chi connectivity index (χ0) is 26.9. The summed E-state index contributed by atoms with van der Waals surface area (Å²) in [4.78, 5) is 44.1. The number of nitrogens with zero attached hydrogens (tertiary/aromatic N) is 3. The maximum Gasteiger partial charge on any atom is 0.417 e. The van der Waals surface area contributed by atoms with E-state index in [-0.39, 0.29) is 35.9 Å². The Morgan fingerprint density at radius 2 is 1.87 bits per heavy atom. The molecule has 13 heteroatoms.